The van der Waals surface area contributed by atoms with Gasteiger partial charge in [-0.2, -0.15) is 0 Å². The molecule has 4 atom stereocenters. The minimum Gasteiger partial charge on any atom is -0.478 e. The zero-order valence-corrected chi connectivity index (χ0v) is 17.0. The number of carboxylic acids is 1. The topological polar surface area (TPSA) is 137 Å². The van der Waals surface area contributed by atoms with Crippen LogP contribution in [0.15, 0.2) is 30.4 Å². The van der Waals surface area contributed by atoms with Crippen molar-refractivity contribution < 1.29 is 43.3 Å². The summed E-state index contributed by atoms with van der Waals surface area (Å²) in [5.41, 5.74) is -1.94. The molecule has 0 spiro atoms. The van der Waals surface area contributed by atoms with Gasteiger partial charge in [0.15, 0.2) is 5.60 Å². The van der Waals surface area contributed by atoms with Crippen molar-refractivity contribution in [2.24, 2.45) is 11.8 Å². The van der Waals surface area contributed by atoms with Gasteiger partial charge in [0, 0.05) is 13.8 Å². The number of halogens is 1. The van der Waals surface area contributed by atoms with Crippen LogP contribution < -0.4 is 4.90 Å². The predicted molar refractivity (Wildman–Crippen MR) is 102 cm³/mol. The first-order valence-corrected chi connectivity index (χ1v) is 9.57. The van der Waals surface area contributed by atoms with Gasteiger partial charge in [0.2, 0.25) is 11.8 Å². The van der Waals surface area contributed by atoms with Crippen LogP contribution in [0.5, 0.6) is 0 Å². The van der Waals surface area contributed by atoms with Crippen molar-refractivity contribution >= 4 is 47.0 Å². The molecule has 0 saturated carbocycles. The first-order valence-electron chi connectivity index (χ1n) is 9.19. The molecule has 3 heterocycles. The van der Waals surface area contributed by atoms with Gasteiger partial charge in [0.25, 0.3) is 6.29 Å². The lowest BCUT2D eigenvalue weighted by Crippen LogP contribution is -2.52. The van der Waals surface area contributed by atoms with E-state index in [9.17, 15) is 29.1 Å². The molecule has 11 heteroatoms. The lowest BCUT2D eigenvalue weighted by Gasteiger charge is -2.34. The molecule has 0 unspecified atom stereocenters. The average molecular weight is 450 g/mol. The number of imide groups is 1. The molecular weight excluding hydrogens is 434 g/mol. The number of aromatic carboxylic acids is 1. The first-order chi connectivity index (χ1) is 14.6. The molecule has 1 aromatic rings. The molecular formula is C20H16ClNO9. The highest BCUT2D eigenvalue weighted by Crippen LogP contribution is 2.54. The minimum absolute atomic E-state index is 0.0253. The summed E-state index contributed by atoms with van der Waals surface area (Å²) in [6.45, 7) is 2.20. The second-order valence-corrected chi connectivity index (χ2v) is 7.74. The van der Waals surface area contributed by atoms with Crippen LogP contribution in [0.4, 0.5) is 5.69 Å². The minimum atomic E-state index is -1.68. The third-order valence-electron chi connectivity index (χ3n) is 5.43. The maximum atomic E-state index is 13.4. The second kappa shape index (κ2) is 7.17. The van der Waals surface area contributed by atoms with Crippen LogP contribution in [0, 0.1) is 11.8 Å². The fourth-order valence-corrected chi connectivity index (χ4v) is 4.49. The van der Waals surface area contributed by atoms with E-state index in [1.54, 1.807) is 6.08 Å². The number of carboxylic acid groups (broad SMARTS) is 1. The Morgan fingerprint density at radius 1 is 1.16 bits per heavy atom. The fraction of sp³-hybridized carbons (Fsp3) is 0.350. The van der Waals surface area contributed by atoms with Gasteiger partial charge in [-0.15, -0.1) is 0 Å². The SMILES string of the molecule is CC(=O)OC(OC(C)=O)[C@@]12C=C[C@@H](O1)[C@@H]1C(=O)N(c3ccc(Cl)c(C(=O)O)c3)C(=O)[C@H]12. The largest absolute Gasteiger partial charge is 0.478 e. The van der Waals surface area contributed by atoms with Gasteiger partial charge in [0.05, 0.1) is 34.2 Å². The Kier molecular flexibility index (Phi) is 4.86. The average Bonchev–Trinajstić information content (AvgIpc) is 3.32. The standard InChI is InChI=1S/C20H16ClNO9/c1-8(23)29-19(30-9(2)24)20-6-5-13(31-20)14-15(20)17(26)22(16(14)25)10-3-4-12(21)11(7-10)18(27)28/h3-7,13-15,19H,1-2H3,(H,27,28)/t13-,14+,15+,20+/m1/s1. The lowest BCUT2D eigenvalue weighted by molar-refractivity contribution is -0.226. The molecule has 0 radical (unpaired) electrons. The molecule has 2 bridgehead atoms. The second-order valence-electron chi connectivity index (χ2n) is 7.33. The van der Waals surface area contributed by atoms with Crippen molar-refractivity contribution in [3.63, 3.8) is 0 Å². The highest BCUT2D eigenvalue weighted by molar-refractivity contribution is 6.34. The van der Waals surface area contributed by atoms with Crippen molar-refractivity contribution in [2.75, 3.05) is 4.90 Å². The van der Waals surface area contributed by atoms with Crippen LogP contribution in [0.1, 0.15) is 24.2 Å². The maximum Gasteiger partial charge on any atom is 0.337 e. The predicted octanol–water partition coefficient (Wildman–Crippen LogP) is 1.30. The monoisotopic (exact) mass is 449 g/mol. The summed E-state index contributed by atoms with van der Waals surface area (Å²) in [7, 11) is 0. The van der Waals surface area contributed by atoms with E-state index >= 15 is 0 Å². The number of fused-ring (bicyclic) bond motifs is 5. The van der Waals surface area contributed by atoms with E-state index < -0.39 is 59.6 Å². The van der Waals surface area contributed by atoms with Crippen molar-refractivity contribution in [1.82, 2.24) is 0 Å². The summed E-state index contributed by atoms with van der Waals surface area (Å²) in [6.07, 6.45) is 0.594. The van der Waals surface area contributed by atoms with Crippen LogP contribution in [0.25, 0.3) is 0 Å². The van der Waals surface area contributed by atoms with Crippen molar-refractivity contribution in [2.45, 2.75) is 31.8 Å². The van der Waals surface area contributed by atoms with E-state index in [4.69, 9.17) is 25.8 Å². The van der Waals surface area contributed by atoms with E-state index in [2.05, 4.69) is 0 Å². The van der Waals surface area contributed by atoms with Crippen LogP contribution in [-0.4, -0.2) is 52.8 Å². The molecule has 1 aromatic carbocycles. The molecule has 31 heavy (non-hydrogen) atoms. The first kappa shape index (κ1) is 21.0. The number of esters is 2. The van der Waals surface area contributed by atoms with Crippen LogP contribution in [0.3, 0.4) is 0 Å². The van der Waals surface area contributed by atoms with E-state index in [0.29, 0.717) is 0 Å². The Hall–Kier alpha value is -3.24. The normalized spacial score (nSPS) is 28.3. The van der Waals surface area contributed by atoms with Crippen molar-refractivity contribution in [3.8, 4) is 0 Å². The van der Waals surface area contributed by atoms with Gasteiger partial charge in [-0.05, 0) is 24.3 Å². The van der Waals surface area contributed by atoms with Gasteiger partial charge < -0.3 is 19.3 Å². The summed E-state index contributed by atoms with van der Waals surface area (Å²) >= 11 is 5.89. The van der Waals surface area contributed by atoms with E-state index in [0.717, 1.165) is 24.8 Å². The molecule has 1 N–H and O–H groups in total. The Morgan fingerprint density at radius 3 is 2.39 bits per heavy atom. The molecule has 10 nitrogen and oxygen atoms in total. The molecule has 162 valence electrons. The molecule has 2 amide bonds. The van der Waals surface area contributed by atoms with Crippen molar-refractivity contribution in [3.05, 3.63) is 40.9 Å². The number of hydrogen-bond donors (Lipinski definition) is 1. The number of nitrogens with zero attached hydrogens (tertiary/aromatic N) is 1. The van der Waals surface area contributed by atoms with Gasteiger partial charge in [-0.25, -0.2) is 9.69 Å². The third-order valence-corrected chi connectivity index (χ3v) is 5.76. The number of benzene rings is 1. The Morgan fingerprint density at radius 2 is 1.81 bits per heavy atom. The summed E-state index contributed by atoms with van der Waals surface area (Å²) in [4.78, 5) is 62.0. The zero-order chi connectivity index (χ0) is 22.7. The third kappa shape index (κ3) is 3.10. The van der Waals surface area contributed by atoms with Crippen LogP contribution in [-0.2, 0) is 33.4 Å². The highest BCUT2D eigenvalue weighted by atomic mass is 35.5. The Labute approximate surface area is 180 Å². The molecule has 0 aromatic heterocycles. The van der Waals surface area contributed by atoms with Gasteiger partial charge in [-0.1, -0.05) is 17.7 Å². The maximum absolute atomic E-state index is 13.4. The van der Waals surface area contributed by atoms with E-state index in [-0.39, 0.29) is 16.3 Å². The number of anilines is 1. The highest BCUT2D eigenvalue weighted by Gasteiger charge is 2.72. The van der Waals surface area contributed by atoms with Crippen LogP contribution in [0.2, 0.25) is 5.02 Å². The van der Waals surface area contributed by atoms with Gasteiger partial charge >= 0.3 is 17.9 Å². The molecule has 4 rings (SSSR count). The summed E-state index contributed by atoms with van der Waals surface area (Å²) in [6, 6.07) is 3.75. The fourth-order valence-electron chi connectivity index (χ4n) is 4.29. The summed E-state index contributed by atoms with van der Waals surface area (Å²) < 4.78 is 16.1. The summed E-state index contributed by atoms with van der Waals surface area (Å²) in [5.74, 6) is -6.31. The van der Waals surface area contributed by atoms with E-state index in [1.165, 1.54) is 18.2 Å². The number of amides is 2. The van der Waals surface area contributed by atoms with Crippen molar-refractivity contribution in [1.29, 1.82) is 0 Å². The molecule has 0 aliphatic carbocycles. The smallest absolute Gasteiger partial charge is 0.337 e. The number of carbonyl (C=O) groups excluding carboxylic acids is 4. The van der Waals surface area contributed by atoms with Gasteiger partial charge in [0.1, 0.15) is 0 Å². The Balaban J connectivity index is 1.76. The number of carbonyl (C=O) groups is 5. The van der Waals surface area contributed by atoms with Gasteiger partial charge in [-0.3, -0.25) is 19.2 Å². The quantitative estimate of drug-likeness (QED) is 0.305. The Bertz CT molecular complexity index is 1050. The van der Waals surface area contributed by atoms with Crippen LogP contribution >= 0.6 is 11.6 Å². The number of rotatable bonds is 5. The number of hydrogen-bond acceptors (Lipinski definition) is 8. The summed E-state index contributed by atoms with van der Waals surface area (Å²) in [5, 5.41) is 9.25. The van der Waals surface area contributed by atoms with E-state index in [1.807, 2.05) is 0 Å². The lowest BCUT2D eigenvalue weighted by atomic mass is 9.76. The molecule has 3 aliphatic heterocycles. The molecule has 2 saturated heterocycles. The number of ether oxygens (including phenoxy) is 3. The molecule has 2 fully saturated rings. The molecule has 3 aliphatic rings. The zero-order valence-electron chi connectivity index (χ0n) is 16.2.